The Hall–Kier alpha value is -0.650. The number of thioether (sulfide) groups is 1. The standard InChI is InChI=1S/C13H19N3OS/c17-8-13(10-2-3-10,16-11-4-5-11)9-18-12-14-6-1-7-15-12/h1,6-7,10-11,16-17H,2-5,8-9H2. The van der Waals surface area contributed by atoms with E-state index in [0.29, 0.717) is 12.0 Å². The molecule has 0 spiro atoms. The highest BCUT2D eigenvalue weighted by Crippen LogP contribution is 2.43. The zero-order valence-electron chi connectivity index (χ0n) is 10.4. The van der Waals surface area contributed by atoms with E-state index in [4.69, 9.17) is 0 Å². The van der Waals surface area contributed by atoms with Crippen molar-refractivity contribution < 1.29 is 5.11 Å². The van der Waals surface area contributed by atoms with Gasteiger partial charge in [-0.3, -0.25) is 0 Å². The Morgan fingerprint density at radius 1 is 1.28 bits per heavy atom. The predicted molar refractivity (Wildman–Crippen MR) is 71.5 cm³/mol. The van der Waals surface area contributed by atoms with E-state index in [1.807, 2.05) is 6.07 Å². The summed E-state index contributed by atoms with van der Waals surface area (Å²) in [7, 11) is 0. The van der Waals surface area contributed by atoms with Gasteiger partial charge in [-0.25, -0.2) is 9.97 Å². The van der Waals surface area contributed by atoms with Crippen molar-refractivity contribution in [2.45, 2.75) is 42.4 Å². The van der Waals surface area contributed by atoms with E-state index >= 15 is 0 Å². The summed E-state index contributed by atoms with van der Waals surface area (Å²) in [6.45, 7) is 0.216. The predicted octanol–water partition coefficient (Wildman–Crippen LogP) is 1.46. The highest BCUT2D eigenvalue weighted by atomic mass is 32.2. The second-order valence-electron chi connectivity index (χ2n) is 5.33. The maximum absolute atomic E-state index is 9.82. The van der Waals surface area contributed by atoms with E-state index < -0.39 is 0 Å². The molecule has 0 aliphatic heterocycles. The molecule has 0 saturated heterocycles. The van der Waals surface area contributed by atoms with Crippen LogP contribution >= 0.6 is 11.8 Å². The normalized spacial score (nSPS) is 22.7. The summed E-state index contributed by atoms with van der Waals surface area (Å²) in [5.74, 6) is 1.48. The average Bonchev–Trinajstić information content (AvgIpc) is 3.28. The zero-order valence-corrected chi connectivity index (χ0v) is 11.2. The van der Waals surface area contributed by atoms with Crippen LogP contribution in [0.4, 0.5) is 0 Å². The number of hydrogen-bond acceptors (Lipinski definition) is 5. The quantitative estimate of drug-likeness (QED) is 0.577. The van der Waals surface area contributed by atoms with Gasteiger partial charge in [0.05, 0.1) is 12.1 Å². The molecule has 1 aromatic heterocycles. The summed E-state index contributed by atoms with van der Waals surface area (Å²) in [4.78, 5) is 8.47. The highest BCUT2D eigenvalue weighted by molar-refractivity contribution is 7.99. The second kappa shape index (κ2) is 5.15. The molecule has 2 fully saturated rings. The first-order chi connectivity index (χ1) is 8.82. The molecule has 0 bridgehead atoms. The van der Waals surface area contributed by atoms with Gasteiger partial charge in [0, 0.05) is 24.2 Å². The van der Waals surface area contributed by atoms with Gasteiger partial charge in [-0.2, -0.15) is 0 Å². The maximum atomic E-state index is 9.82. The smallest absolute Gasteiger partial charge is 0.187 e. The first-order valence-corrected chi connectivity index (χ1v) is 7.59. The number of hydrogen-bond donors (Lipinski definition) is 2. The molecule has 98 valence electrons. The lowest BCUT2D eigenvalue weighted by Gasteiger charge is -2.33. The fraction of sp³-hybridized carbons (Fsp3) is 0.692. The van der Waals surface area contributed by atoms with Crippen molar-refractivity contribution in [1.82, 2.24) is 15.3 Å². The van der Waals surface area contributed by atoms with Crippen molar-refractivity contribution in [1.29, 1.82) is 0 Å². The van der Waals surface area contributed by atoms with Crippen molar-refractivity contribution in [2.24, 2.45) is 5.92 Å². The van der Waals surface area contributed by atoms with Crippen LogP contribution in [0.3, 0.4) is 0 Å². The molecular formula is C13H19N3OS. The van der Waals surface area contributed by atoms with Crippen LogP contribution in [0.5, 0.6) is 0 Å². The number of nitrogens with one attached hydrogen (secondary N) is 1. The third kappa shape index (κ3) is 2.84. The first-order valence-electron chi connectivity index (χ1n) is 6.61. The Balaban J connectivity index is 1.65. The molecule has 0 radical (unpaired) electrons. The Morgan fingerprint density at radius 3 is 2.56 bits per heavy atom. The molecule has 2 N–H and O–H groups in total. The molecule has 4 nitrogen and oxygen atoms in total. The summed E-state index contributed by atoms with van der Waals surface area (Å²) in [6.07, 6.45) is 8.50. The van der Waals surface area contributed by atoms with Gasteiger partial charge in [0.1, 0.15) is 0 Å². The van der Waals surface area contributed by atoms with Crippen molar-refractivity contribution in [3.63, 3.8) is 0 Å². The lowest BCUT2D eigenvalue weighted by molar-refractivity contribution is 0.157. The van der Waals surface area contributed by atoms with Crippen LogP contribution in [-0.4, -0.2) is 39.0 Å². The Labute approximate surface area is 112 Å². The second-order valence-corrected chi connectivity index (χ2v) is 6.27. The molecule has 5 heteroatoms. The number of rotatable bonds is 7. The summed E-state index contributed by atoms with van der Waals surface area (Å²) in [5, 5.41) is 14.3. The van der Waals surface area contributed by atoms with E-state index in [-0.39, 0.29) is 12.1 Å². The van der Waals surface area contributed by atoms with Gasteiger partial charge in [-0.05, 0) is 37.7 Å². The molecule has 1 aromatic rings. The van der Waals surface area contributed by atoms with Crippen molar-refractivity contribution in [2.75, 3.05) is 12.4 Å². The van der Waals surface area contributed by atoms with Crippen LogP contribution in [0.2, 0.25) is 0 Å². The van der Waals surface area contributed by atoms with Crippen LogP contribution in [0.15, 0.2) is 23.6 Å². The molecule has 1 atom stereocenters. The topological polar surface area (TPSA) is 58.0 Å². The van der Waals surface area contributed by atoms with E-state index in [2.05, 4.69) is 15.3 Å². The molecule has 3 rings (SSSR count). The van der Waals surface area contributed by atoms with Gasteiger partial charge < -0.3 is 10.4 Å². The Morgan fingerprint density at radius 2 is 2.00 bits per heavy atom. The van der Waals surface area contributed by atoms with Crippen LogP contribution in [0, 0.1) is 5.92 Å². The summed E-state index contributed by atoms with van der Waals surface area (Å²) < 4.78 is 0. The molecule has 18 heavy (non-hydrogen) atoms. The first kappa shape index (κ1) is 12.4. The fourth-order valence-electron chi connectivity index (χ4n) is 2.32. The van der Waals surface area contributed by atoms with Gasteiger partial charge >= 0.3 is 0 Å². The minimum Gasteiger partial charge on any atom is -0.394 e. The van der Waals surface area contributed by atoms with E-state index in [0.717, 1.165) is 10.9 Å². The molecule has 0 aromatic carbocycles. The molecule has 2 aliphatic rings. The monoisotopic (exact) mass is 265 g/mol. The van der Waals surface area contributed by atoms with Gasteiger partial charge in [0.15, 0.2) is 5.16 Å². The van der Waals surface area contributed by atoms with Gasteiger partial charge in [-0.15, -0.1) is 0 Å². The minimum absolute atomic E-state index is 0.120. The fourth-order valence-corrected chi connectivity index (χ4v) is 3.39. The molecule has 1 heterocycles. The molecule has 0 amide bonds. The minimum atomic E-state index is -0.120. The third-order valence-corrected chi connectivity index (χ3v) is 4.84. The maximum Gasteiger partial charge on any atom is 0.187 e. The highest BCUT2D eigenvalue weighted by Gasteiger charge is 2.47. The lowest BCUT2D eigenvalue weighted by Crippen LogP contribution is -2.53. The lowest BCUT2D eigenvalue weighted by atomic mass is 9.96. The third-order valence-electron chi connectivity index (χ3n) is 3.71. The van der Waals surface area contributed by atoms with E-state index in [1.54, 1.807) is 24.2 Å². The summed E-state index contributed by atoms with van der Waals surface area (Å²) >= 11 is 1.65. The van der Waals surface area contributed by atoms with Crippen LogP contribution < -0.4 is 5.32 Å². The van der Waals surface area contributed by atoms with Gasteiger partial charge in [0.2, 0.25) is 0 Å². The van der Waals surface area contributed by atoms with Gasteiger partial charge in [-0.1, -0.05) is 11.8 Å². The summed E-state index contributed by atoms with van der Waals surface area (Å²) in [6, 6.07) is 2.45. The largest absolute Gasteiger partial charge is 0.394 e. The SMILES string of the molecule is OCC(CSc1ncccn1)(NC1CC1)C1CC1. The molecular weight excluding hydrogens is 246 g/mol. The number of aromatic nitrogens is 2. The van der Waals surface area contributed by atoms with E-state index in [9.17, 15) is 5.11 Å². The molecule has 2 aliphatic carbocycles. The number of nitrogens with zero attached hydrogens (tertiary/aromatic N) is 2. The zero-order chi connectivity index (χ0) is 12.4. The van der Waals surface area contributed by atoms with Gasteiger partial charge in [0.25, 0.3) is 0 Å². The van der Waals surface area contributed by atoms with E-state index in [1.165, 1.54) is 25.7 Å². The average molecular weight is 265 g/mol. The van der Waals surface area contributed by atoms with Crippen LogP contribution in [0.25, 0.3) is 0 Å². The number of aliphatic hydroxyl groups is 1. The molecule has 2 saturated carbocycles. The summed E-state index contributed by atoms with van der Waals surface area (Å²) in [5.41, 5.74) is -0.120. The van der Waals surface area contributed by atoms with Crippen molar-refractivity contribution in [3.8, 4) is 0 Å². The van der Waals surface area contributed by atoms with Crippen LogP contribution in [-0.2, 0) is 0 Å². The Kier molecular flexibility index (Phi) is 3.54. The number of aliphatic hydroxyl groups excluding tert-OH is 1. The molecule has 1 unspecified atom stereocenters. The van der Waals surface area contributed by atoms with Crippen molar-refractivity contribution in [3.05, 3.63) is 18.5 Å². The van der Waals surface area contributed by atoms with Crippen molar-refractivity contribution >= 4 is 11.8 Å². The van der Waals surface area contributed by atoms with Crippen LogP contribution in [0.1, 0.15) is 25.7 Å². The Bertz CT molecular complexity index is 394.